The van der Waals surface area contributed by atoms with E-state index in [0.29, 0.717) is 12.0 Å². The maximum Gasteiger partial charge on any atom is 0.0334 e. The molecule has 2 aliphatic rings. The molecule has 2 saturated heterocycles. The number of hydrogen-bond acceptors (Lipinski definition) is 3. The van der Waals surface area contributed by atoms with Crippen LogP contribution in [0.3, 0.4) is 0 Å². The number of nitrogens with one attached hydrogen (secondary N) is 2. The van der Waals surface area contributed by atoms with Crippen molar-refractivity contribution in [2.45, 2.75) is 45.6 Å². The van der Waals surface area contributed by atoms with Gasteiger partial charge < -0.3 is 0 Å². The maximum absolute atomic E-state index is 3.58. The van der Waals surface area contributed by atoms with E-state index in [2.05, 4.69) is 66.9 Å². The van der Waals surface area contributed by atoms with Crippen molar-refractivity contribution in [1.82, 2.24) is 15.8 Å². The molecule has 0 aliphatic carbocycles. The van der Waals surface area contributed by atoms with Gasteiger partial charge in [0.05, 0.1) is 0 Å². The molecule has 2 aliphatic heterocycles. The molecule has 0 bridgehead atoms. The molecule has 2 N–H and O–H groups in total. The highest BCUT2D eigenvalue weighted by Crippen LogP contribution is 2.31. The number of allylic oxidation sites excluding steroid dienone is 1. The summed E-state index contributed by atoms with van der Waals surface area (Å²) in [6.45, 7) is 11.1. The first-order valence-electron chi connectivity index (χ1n) is 9.04. The highest BCUT2D eigenvalue weighted by Gasteiger charge is 2.36. The van der Waals surface area contributed by atoms with Gasteiger partial charge in [-0.05, 0) is 51.6 Å². The summed E-state index contributed by atoms with van der Waals surface area (Å²) in [5, 5.41) is 0. The third-order valence-corrected chi connectivity index (χ3v) is 5.34. The van der Waals surface area contributed by atoms with Crippen LogP contribution in [0.2, 0.25) is 0 Å². The number of hydrazine groups is 1. The summed E-state index contributed by atoms with van der Waals surface area (Å²) in [7, 11) is 0. The minimum Gasteiger partial charge on any atom is -0.299 e. The third kappa shape index (κ3) is 4.23. The number of rotatable bonds is 4. The van der Waals surface area contributed by atoms with Gasteiger partial charge in [0.25, 0.3) is 0 Å². The number of aryl methyl sites for hydroxylation is 1. The lowest BCUT2D eigenvalue weighted by Gasteiger charge is -2.37. The quantitative estimate of drug-likeness (QED) is 0.836. The van der Waals surface area contributed by atoms with Gasteiger partial charge in [0.1, 0.15) is 0 Å². The second-order valence-electron chi connectivity index (χ2n) is 7.51. The summed E-state index contributed by atoms with van der Waals surface area (Å²) in [6.07, 6.45) is 5.02. The predicted octanol–water partition coefficient (Wildman–Crippen LogP) is 3.23. The van der Waals surface area contributed by atoms with E-state index in [1.54, 1.807) is 0 Å². The minimum atomic E-state index is 0.548. The second-order valence-corrected chi connectivity index (χ2v) is 7.51. The lowest BCUT2D eigenvalue weighted by Crippen LogP contribution is -2.46. The Morgan fingerprint density at radius 2 is 2.04 bits per heavy atom. The first kappa shape index (κ1) is 16.7. The highest BCUT2D eigenvalue weighted by atomic mass is 15.4. The summed E-state index contributed by atoms with van der Waals surface area (Å²) in [5.74, 6) is 1.32. The van der Waals surface area contributed by atoms with E-state index in [1.165, 1.54) is 42.6 Å². The Balaban J connectivity index is 1.67. The molecule has 3 nitrogen and oxygen atoms in total. The number of benzene rings is 1. The van der Waals surface area contributed by atoms with Crippen molar-refractivity contribution in [1.29, 1.82) is 0 Å². The first-order valence-corrected chi connectivity index (χ1v) is 9.04. The van der Waals surface area contributed by atoms with Gasteiger partial charge in [0.2, 0.25) is 0 Å². The molecule has 0 aromatic heterocycles. The van der Waals surface area contributed by atoms with Gasteiger partial charge >= 0.3 is 0 Å². The molecule has 3 unspecified atom stereocenters. The van der Waals surface area contributed by atoms with Crippen molar-refractivity contribution in [2.75, 3.05) is 26.2 Å². The molecule has 1 aromatic carbocycles. The Morgan fingerprint density at radius 3 is 2.78 bits per heavy atom. The monoisotopic (exact) mass is 313 g/mol. The Labute approximate surface area is 141 Å². The average molecular weight is 313 g/mol. The fourth-order valence-corrected chi connectivity index (χ4v) is 3.96. The molecule has 23 heavy (non-hydrogen) atoms. The van der Waals surface area contributed by atoms with Gasteiger partial charge in [0.15, 0.2) is 0 Å². The van der Waals surface area contributed by atoms with E-state index in [0.717, 1.165) is 19.0 Å². The third-order valence-electron chi connectivity index (χ3n) is 5.34. The zero-order valence-electron chi connectivity index (χ0n) is 14.8. The van der Waals surface area contributed by atoms with E-state index >= 15 is 0 Å². The van der Waals surface area contributed by atoms with Crippen LogP contribution in [-0.4, -0.2) is 37.1 Å². The van der Waals surface area contributed by atoms with E-state index in [-0.39, 0.29) is 0 Å². The molecule has 126 valence electrons. The molecule has 0 saturated carbocycles. The van der Waals surface area contributed by atoms with Gasteiger partial charge in [-0.15, -0.1) is 0 Å². The fraction of sp³-hybridized carbons (Fsp3) is 0.600. The highest BCUT2D eigenvalue weighted by molar-refractivity contribution is 5.27. The minimum absolute atomic E-state index is 0.548. The van der Waals surface area contributed by atoms with Crippen LogP contribution in [-0.2, 0) is 0 Å². The molecule has 0 radical (unpaired) electrons. The van der Waals surface area contributed by atoms with Crippen LogP contribution < -0.4 is 10.9 Å². The van der Waals surface area contributed by atoms with E-state index in [4.69, 9.17) is 0 Å². The lowest BCUT2D eigenvalue weighted by molar-refractivity contribution is 0.158. The topological polar surface area (TPSA) is 27.3 Å². The summed E-state index contributed by atoms with van der Waals surface area (Å²) < 4.78 is 0. The van der Waals surface area contributed by atoms with Crippen LogP contribution in [0.5, 0.6) is 0 Å². The Hall–Kier alpha value is -1.16. The van der Waals surface area contributed by atoms with E-state index in [9.17, 15) is 0 Å². The van der Waals surface area contributed by atoms with Crippen molar-refractivity contribution in [2.24, 2.45) is 5.92 Å². The van der Waals surface area contributed by atoms with Gasteiger partial charge in [-0.3, -0.25) is 15.8 Å². The van der Waals surface area contributed by atoms with Crippen LogP contribution in [0.15, 0.2) is 35.9 Å². The van der Waals surface area contributed by atoms with Crippen LogP contribution in [0.1, 0.15) is 43.7 Å². The molecular formula is C20H31N3. The first-order chi connectivity index (χ1) is 11.1. The molecule has 2 fully saturated rings. The maximum atomic E-state index is 3.58. The predicted molar refractivity (Wildman–Crippen MR) is 97.4 cm³/mol. The standard InChI is InChI=1S/C20H31N3/c1-15(2)10-12-23-11-4-5-18(14-23)20-19(13-21-22-20)17-8-6-16(3)7-9-17/h6-10,18-22H,4-5,11-14H2,1-3H3. The normalized spacial score (nSPS) is 28.7. The Morgan fingerprint density at radius 1 is 1.26 bits per heavy atom. The summed E-state index contributed by atoms with van der Waals surface area (Å²) in [4.78, 5) is 2.62. The lowest BCUT2D eigenvalue weighted by atomic mass is 9.81. The summed E-state index contributed by atoms with van der Waals surface area (Å²) in [5.41, 5.74) is 11.2. The molecule has 1 aromatic rings. The molecule has 3 atom stereocenters. The molecule has 0 spiro atoms. The average Bonchev–Trinajstić information content (AvgIpc) is 3.03. The van der Waals surface area contributed by atoms with Crippen LogP contribution in [0, 0.1) is 12.8 Å². The fourth-order valence-electron chi connectivity index (χ4n) is 3.96. The number of hydrogen-bond donors (Lipinski definition) is 2. The Bertz CT molecular complexity index is 530. The molecule has 3 rings (SSSR count). The van der Waals surface area contributed by atoms with E-state index in [1.807, 2.05) is 0 Å². The number of piperidine rings is 1. The van der Waals surface area contributed by atoms with Crippen LogP contribution in [0.25, 0.3) is 0 Å². The zero-order chi connectivity index (χ0) is 16.2. The number of nitrogens with zero attached hydrogens (tertiary/aromatic N) is 1. The molecular weight excluding hydrogens is 282 g/mol. The van der Waals surface area contributed by atoms with Crippen molar-refractivity contribution in [3.8, 4) is 0 Å². The van der Waals surface area contributed by atoms with Crippen molar-refractivity contribution < 1.29 is 0 Å². The molecule has 0 amide bonds. The van der Waals surface area contributed by atoms with Crippen LogP contribution in [0.4, 0.5) is 0 Å². The van der Waals surface area contributed by atoms with Gasteiger partial charge in [-0.1, -0.05) is 41.5 Å². The van der Waals surface area contributed by atoms with Gasteiger partial charge in [-0.25, -0.2) is 0 Å². The SMILES string of the molecule is CC(C)=CCN1CCCC(C2NNCC2c2ccc(C)cc2)C1. The van der Waals surface area contributed by atoms with Gasteiger partial charge in [0, 0.05) is 31.6 Å². The molecule has 2 heterocycles. The van der Waals surface area contributed by atoms with Crippen molar-refractivity contribution in [3.63, 3.8) is 0 Å². The second kappa shape index (κ2) is 7.61. The smallest absolute Gasteiger partial charge is 0.0334 e. The van der Waals surface area contributed by atoms with Crippen LogP contribution >= 0.6 is 0 Å². The summed E-state index contributed by atoms with van der Waals surface area (Å²) in [6, 6.07) is 9.66. The molecule has 3 heteroatoms. The van der Waals surface area contributed by atoms with E-state index < -0.39 is 0 Å². The Kier molecular flexibility index (Phi) is 5.52. The van der Waals surface area contributed by atoms with Crippen molar-refractivity contribution in [3.05, 3.63) is 47.0 Å². The van der Waals surface area contributed by atoms with Gasteiger partial charge in [-0.2, -0.15) is 0 Å². The summed E-state index contributed by atoms with van der Waals surface area (Å²) >= 11 is 0. The largest absolute Gasteiger partial charge is 0.299 e. The number of likely N-dealkylation sites (tertiary alicyclic amines) is 1. The van der Waals surface area contributed by atoms with Crippen molar-refractivity contribution >= 4 is 0 Å². The zero-order valence-corrected chi connectivity index (χ0v) is 14.8.